The third-order valence-corrected chi connectivity index (χ3v) is 2.11. The monoisotopic (exact) mass is 238 g/mol. The van der Waals surface area contributed by atoms with E-state index >= 15 is 0 Å². The molecule has 5 nitrogen and oxygen atoms in total. The zero-order valence-corrected chi connectivity index (χ0v) is 9.89. The minimum absolute atomic E-state index is 0.472. The Morgan fingerprint density at radius 3 is 2.35 bits per heavy atom. The Morgan fingerprint density at radius 1 is 1.18 bits per heavy atom. The first-order chi connectivity index (χ1) is 8.12. The van der Waals surface area contributed by atoms with Crippen LogP contribution in [0.1, 0.15) is 5.56 Å². The van der Waals surface area contributed by atoms with Crippen molar-refractivity contribution in [2.45, 2.75) is 0 Å². The van der Waals surface area contributed by atoms with Gasteiger partial charge in [-0.05, 0) is 23.8 Å². The second kappa shape index (κ2) is 5.79. The second-order valence-corrected chi connectivity index (χ2v) is 3.14. The van der Waals surface area contributed by atoms with Gasteiger partial charge in [0.1, 0.15) is 0 Å². The zero-order chi connectivity index (χ0) is 12.8. The van der Waals surface area contributed by atoms with Crippen LogP contribution in [0.4, 0.5) is 0 Å². The molecule has 92 valence electrons. The Hall–Kier alpha value is -2.17. The van der Waals surface area contributed by atoms with Crippen molar-refractivity contribution in [1.82, 2.24) is 0 Å². The molecular formula is C12H14O5. The molecule has 0 atom stereocenters. The molecule has 0 aliphatic carbocycles. The number of methoxy groups -OCH3 is 3. The smallest absolute Gasteiger partial charge is 0.373 e. The van der Waals surface area contributed by atoms with Gasteiger partial charge in [0.05, 0.1) is 21.3 Å². The van der Waals surface area contributed by atoms with Crippen LogP contribution < -0.4 is 9.47 Å². The van der Waals surface area contributed by atoms with E-state index in [1.807, 2.05) is 0 Å². The molecule has 1 aromatic rings. The number of hydrogen-bond acceptors (Lipinski definition) is 5. The summed E-state index contributed by atoms with van der Waals surface area (Å²) in [5.74, 6) is -0.180. The highest BCUT2D eigenvalue weighted by Gasteiger charge is 2.08. The van der Waals surface area contributed by atoms with Crippen LogP contribution in [0.15, 0.2) is 24.0 Å². The minimum atomic E-state index is -0.792. The first-order valence-electron chi connectivity index (χ1n) is 4.83. The third kappa shape index (κ3) is 3.14. The number of carbonyl (C=O) groups is 1. The molecule has 0 radical (unpaired) electrons. The van der Waals surface area contributed by atoms with Gasteiger partial charge in [0.25, 0.3) is 0 Å². The maximum atomic E-state index is 11.0. The van der Waals surface area contributed by atoms with E-state index in [4.69, 9.17) is 9.47 Å². The predicted molar refractivity (Wildman–Crippen MR) is 62.2 cm³/mol. The molecule has 0 aliphatic heterocycles. The molecule has 1 aromatic carbocycles. The molecule has 0 amide bonds. The molecular weight excluding hydrogens is 224 g/mol. The van der Waals surface area contributed by atoms with Gasteiger partial charge in [0.2, 0.25) is 5.76 Å². The molecule has 0 bridgehead atoms. The van der Waals surface area contributed by atoms with Crippen LogP contribution >= 0.6 is 0 Å². The van der Waals surface area contributed by atoms with Crippen molar-refractivity contribution in [3.63, 3.8) is 0 Å². The molecule has 0 saturated carbocycles. The minimum Gasteiger partial charge on any atom is -0.502 e. The van der Waals surface area contributed by atoms with E-state index in [-0.39, 0.29) is 0 Å². The van der Waals surface area contributed by atoms with Gasteiger partial charge >= 0.3 is 5.97 Å². The lowest BCUT2D eigenvalue weighted by Crippen LogP contribution is -2.03. The first kappa shape index (κ1) is 12.9. The number of rotatable bonds is 4. The van der Waals surface area contributed by atoms with Crippen LogP contribution in [0, 0.1) is 0 Å². The summed E-state index contributed by atoms with van der Waals surface area (Å²) in [5, 5.41) is 9.38. The van der Waals surface area contributed by atoms with E-state index in [0.717, 1.165) is 0 Å². The zero-order valence-electron chi connectivity index (χ0n) is 9.89. The topological polar surface area (TPSA) is 65.0 Å². The molecule has 0 aliphatic rings. The van der Waals surface area contributed by atoms with E-state index < -0.39 is 11.7 Å². The van der Waals surface area contributed by atoms with Gasteiger partial charge in [0, 0.05) is 0 Å². The van der Waals surface area contributed by atoms with Gasteiger partial charge in [-0.1, -0.05) is 6.07 Å². The van der Waals surface area contributed by atoms with Crippen LogP contribution in [0.3, 0.4) is 0 Å². The second-order valence-electron chi connectivity index (χ2n) is 3.14. The van der Waals surface area contributed by atoms with Crippen LogP contribution in [0.25, 0.3) is 6.08 Å². The van der Waals surface area contributed by atoms with Crippen molar-refractivity contribution >= 4 is 12.0 Å². The van der Waals surface area contributed by atoms with Gasteiger partial charge in [0.15, 0.2) is 11.5 Å². The average Bonchev–Trinajstić information content (AvgIpc) is 2.37. The molecule has 0 aromatic heterocycles. The largest absolute Gasteiger partial charge is 0.502 e. The highest BCUT2D eigenvalue weighted by Crippen LogP contribution is 2.28. The summed E-state index contributed by atoms with van der Waals surface area (Å²) in [5.41, 5.74) is 0.602. The van der Waals surface area contributed by atoms with E-state index in [0.29, 0.717) is 17.1 Å². The fourth-order valence-electron chi connectivity index (χ4n) is 1.26. The van der Waals surface area contributed by atoms with Crippen molar-refractivity contribution in [3.8, 4) is 11.5 Å². The van der Waals surface area contributed by atoms with Crippen molar-refractivity contribution in [2.24, 2.45) is 0 Å². The summed E-state index contributed by atoms with van der Waals surface area (Å²) in [6, 6.07) is 4.99. The maximum Gasteiger partial charge on any atom is 0.373 e. The van der Waals surface area contributed by atoms with Crippen molar-refractivity contribution in [1.29, 1.82) is 0 Å². The van der Waals surface area contributed by atoms with Crippen molar-refractivity contribution in [2.75, 3.05) is 21.3 Å². The highest BCUT2D eigenvalue weighted by molar-refractivity contribution is 5.90. The summed E-state index contributed by atoms with van der Waals surface area (Å²) >= 11 is 0. The van der Waals surface area contributed by atoms with Crippen LogP contribution in [-0.4, -0.2) is 32.4 Å². The number of aliphatic hydroxyl groups is 1. The molecule has 17 heavy (non-hydrogen) atoms. The van der Waals surface area contributed by atoms with Crippen molar-refractivity contribution in [3.05, 3.63) is 29.5 Å². The maximum absolute atomic E-state index is 11.0. The van der Waals surface area contributed by atoms with Gasteiger partial charge in [-0.15, -0.1) is 0 Å². The summed E-state index contributed by atoms with van der Waals surface area (Å²) < 4.78 is 14.5. The lowest BCUT2D eigenvalue weighted by Gasteiger charge is -2.07. The lowest BCUT2D eigenvalue weighted by atomic mass is 10.2. The molecule has 1 rings (SSSR count). The fraction of sp³-hybridized carbons (Fsp3) is 0.250. The predicted octanol–water partition coefficient (Wildman–Crippen LogP) is 1.78. The summed E-state index contributed by atoms with van der Waals surface area (Å²) in [6.07, 6.45) is 1.29. The summed E-state index contributed by atoms with van der Waals surface area (Å²) in [6.45, 7) is 0. The van der Waals surface area contributed by atoms with Crippen LogP contribution in [0.5, 0.6) is 11.5 Å². The van der Waals surface area contributed by atoms with E-state index in [2.05, 4.69) is 4.74 Å². The Labute approximate surface area is 99.2 Å². The van der Waals surface area contributed by atoms with E-state index in [1.165, 1.54) is 27.4 Å². The normalized spacial score (nSPS) is 10.9. The van der Waals surface area contributed by atoms with Crippen molar-refractivity contribution < 1.29 is 24.1 Å². The number of benzene rings is 1. The van der Waals surface area contributed by atoms with E-state index in [1.54, 1.807) is 18.2 Å². The molecule has 1 N–H and O–H groups in total. The Kier molecular flexibility index (Phi) is 4.39. The molecule has 0 spiro atoms. The molecule has 0 fully saturated rings. The Balaban J connectivity index is 3.04. The van der Waals surface area contributed by atoms with E-state index in [9.17, 15) is 9.90 Å². The van der Waals surface area contributed by atoms with Crippen LogP contribution in [0.2, 0.25) is 0 Å². The van der Waals surface area contributed by atoms with Gasteiger partial charge in [-0.2, -0.15) is 0 Å². The van der Waals surface area contributed by atoms with Gasteiger partial charge in [-0.3, -0.25) is 0 Å². The molecule has 0 unspecified atom stereocenters. The van der Waals surface area contributed by atoms with Crippen LogP contribution in [-0.2, 0) is 9.53 Å². The quantitative estimate of drug-likeness (QED) is 0.492. The summed E-state index contributed by atoms with van der Waals surface area (Å²) in [4.78, 5) is 11.0. The number of esters is 1. The standard InChI is InChI=1S/C12H14O5/c1-15-10-5-4-8(7-11(10)16-2)6-9(13)12(14)17-3/h4-7,13H,1-3H3/b9-6-. The van der Waals surface area contributed by atoms with Gasteiger partial charge in [-0.25, -0.2) is 4.79 Å². The lowest BCUT2D eigenvalue weighted by molar-refractivity contribution is -0.138. The number of aliphatic hydroxyl groups excluding tert-OH is 1. The van der Waals surface area contributed by atoms with Gasteiger partial charge < -0.3 is 19.3 Å². The first-order valence-corrected chi connectivity index (χ1v) is 4.83. The highest BCUT2D eigenvalue weighted by atomic mass is 16.5. The Morgan fingerprint density at radius 2 is 1.82 bits per heavy atom. The Bertz CT molecular complexity index is 437. The summed E-state index contributed by atoms with van der Waals surface area (Å²) in [7, 11) is 4.23. The SMILES string of the molecule is COC(=O)/C(O)=C/c1ccc(OC)c(OC)c1. The molecule has 0 heterocycles. The number of ether oxygens (including phenoxy) is 3. The average molecular weight is 238 g/mol. The third-order valence-electron chi connectivity index (χ3n) is 2.11. The molecule has 0 saturated heterocycles. The molecule has 5 heteroatoms. The number of hydrogen-bond donors (Lipinski definition) is 1. The fourth-order valence-corrected chi connectivity index (χ4v) is 1.26. The number of carbonyl (C=O) groups excluding carboxylic acids is 1.